The van der Waals surface area contributed by atoms with E-state index in [2.05, 4.69) is 19.5 Å². The SMILES string of the molecule is C=CC1(C)CB(C#N)C1. The van der Waals surface area contributed by atoms with E-state index in [1.807, 2.05) is 6.08 Å². The van der Waals surface area contributed by atoms with Gasteiger partial charge in [0.1, 0.15) is 0 Å². The van der Waals surface area contributed by atoms with Crippen LogP contribution in [0, 0.1) is 16.6 Å². The van der Waals surface area contributed by atoms with Gasteiger partial charge < -0.3 is 0 Å². The minimum absolute atomic E-state index is 0.278. The van der Waals surface area contributed by atoms with Crippen LogP contribution in [0.15, 0.2) is 12.7 Å². The summed E-state index contributed by atoms with van der Waals surface area (Å²) in [6, 6.07) is 0. The highest BCUT2D eigenvalue weighted by molar-refractivity contribution is 6.70. The first-order valence-electron chi connectivity index (χ1n) is 3.23. The van der Waals surface area contributed by atoms with Crippen LogP contribution in [0.4, 0.5) is 0 Å². The third kappa shape index (κ3) is 1.00. The number of nitrogens with zero attached hydrogens (tertiary/aromatic N) is 1. The van der Waals surface area contributed by atoms with Crippen molar-refractivity contribution in [1.82, 2.24) is 0 Å². The molecule has 1 nitrogen and oxygen atoms in total. The fourth-order valence-corrected chi connectivity index (χ4v) is 1.32. The maximum Gasteiger partial charge on any atom is 0.269 e. The fourth-order valence-electron chi connectivity index (χ4n) is 1.32. The normalized spacial score (nSPS) is 22.0. The van der Waals surface area contributed by atoms with Crippen molar-refractivity contribution in [3.8, 4) is 5.97 Å². The van der Waals surface area contributed by atoms with E-state index >= 15 is 0 Å². The Morgan fingerprint density at radius 3 is 2.67 bits per heavy atom. The van der Waals surface area contributed by atoms with Gasteiger partial charge in [-0.15, -0.1) is 6.58 Å². The van der Waals surface area contributed by atoms with Crippen molar-refractivity contribution in [1.29, 1.82) is 5.26 Å². The molecule has 0 atom stereocenters. The predicted molar refractivity (Wildman–Crippen MR) is 39.3 cm³/mol. The van der Waals surface area contributed by atoms with E-state index in [0.29, 0.717) is 6.71 Å². The van der Waals surface area contributed by atoms with Crippen LogP contribution in [0.25, 0.3) is 0 Å². The van der Waals surface area contributed by atoms with Crippen LogP contribution in [0.5, 0.6) is 0 Å². The Labute approximate surface area is 56.4 Å². The Hall–Kier alpha value is -0.705. The number of nitriles is 1. The van der Waals surface area contributed by atoms with Gasteiger partial charge in [0.05, 0.1) is 0 Å². The Morgan fingerprint density at radius 1 is 1.78 bits per heavy atom. The molecule has 0 aromatic rings. The summed E-state index contributed by atoms with van der Waals surface area (Å²) >= 11 is 0. The van der Waals surface area contributed by atoms with E-state index in [-0.39, 0.29) is 5.41 Å². The van der Waals surface area contributed by atoms with Gasteiger partial charge in [0.2, 0.25) is 0 Å². The van der Waals surface area contributed by atoms with Gasteiger partial charge in [-0.1, -0.05) is 25.6 Å². The lowest BCUT2D eigenvalue weighted by atomic mass is 9.28. The standard InChI is InChI=1S/C7H10BN/c1-3-7(2)4-8(5-7)6-9/h3H,1,4-5H2,2H3. The van der Waals surface area contributed by atoms with Crippen molar-refractivity contribution in [3.05, 3.63) is 12.7 Å². The quantitative estimate of drug-likeness (QED) is 0.381. The van der Waals surface area contributed by atoms with Crippen LogP contribution in [0.2, 0.25) is 12.6 Å². The minimum atomic E-state index is 0.278. The van der Waals surface area contributed by atoms with Crippen LogP contribution < -0.4 is 0 Å². The zero-order valence-electron chi connectivity index (χ0n) is 5.72. The smallest absolute Gasteiger partial charge is 0.213 e. The molecule has 1 saturated heterocycles. The Kier molecular flexibility index (Phi) is 1.36. The number of hydrogen-bond acceptors (Lipinski definition) is 1. The Morgan fingerprint density at radius 2 is 2.33 bits per heavy atom. The summed E-state index contributed by atoms with van der Waals surface area (Å²) in [5.41, 5.74) is 0.278. The lowest BCUT2D eigenvalue weighted by molar-refractivity contribution is 0.484. The van der Waals surface area contributed by atoms with Gasteiger partial charge in [0.15, 0.2) is 0 Å². The molecule has 0 unspecified atom stereocenters. The molecule has 0 saturated carbocycles. The first kappa shape index (κ1) is 6.42. The highest BCUT2D eigenvalue weighted by Crippen LogP contribution is 2.42. The minimum Gasteiger partial charge on any atom is -0.213 e. The summed E-state index contributed by atoms with van der Waals surface area (Å²) in [5.74, 6) is 2.24. The van der Waals surface area contributed by atoms with E-state index in [0.717, 1.165) is 12.6 Å². The van der Waals surface area contributed by atoms with E-state index in [4.69, 9.17) is 5.26 Å². The molecule has 0 aliphatic carbocycles. The lowest BCUT2D eigenvalue weighted by Gasteiger charge is -2.37. The number of rotatable bonds is 1. The average molecular weight is 119 g/mol. The molecule has 1 aliphatic heterocycles. The largest absolute Gasteiger partial charge is 0.269 e. The lowest BCUT2D eigenvalue weighted by Crippen LogP contribution is -2.37. The summed E-state index contributed by atoms with van der Waals surface area (Å²) in [4.78, 5) is 0. The zero-order valence-corrected chi connectivity index (χ0v) is 5.72. The molecule has 0 radical (unpaired) electrons. The van der Waals surface area contributed by atoms with Gasteiger partial charge >= 0.3 is 0 Å². The molecule has 0 amide bonds. The molecule has 0 N–H and O–H groups in total. The van der Waals surface area contributed by atoms with E-state index in [1.54, 1.807) is 0 Å². The molecule has 1 fully saturated rings. The van der Waals surface area contributed by atoms with Gasteiger partial charge in [0, 0.05) is 5.97 Å². The highest BCUT2D eigenvalue weighted by atomic mass is 14.3. The van der Waals surface area contributed by atoms with E-state index in [1.165, 1.54) is 0 Å². The summed E-state index contributed by atoms with van der Waals surface area (Å²) in [5, 5.41) is 8.43. The van der Waals surface area contributed by atoms with Crippen molar-refractivity contribution in [2.45, 2.75) is 19.6 Å². The van der Waals surface area contributed by atoms with Crippen molar-refractivity contribution in [2.24, 2.45) is 5.41 Å². The van der Waals surface area contributed by atoms with Crippen LogP contribution in [-0.2, 0) is 0 Å². The van der Waals surface area contributed by atoms with Gasteiger partial charge in [0.25, 0.3) is 6.71 Å². The zero-order chi connectivity index (χ0) is 6.91. The Balaban J connectivity index is 2.43. The summed E-state index contributed by atoms with van der Waals surface area (Å²) in [6.07, 6.45) is 3.97. The summed E-state index contributed by atoms with van der Waals surface area (Å²) < 4.78 is 0. The molecule has 0 bridgehead atoms. The molecule has 0 spiro atoms. The third-order valence-electron chi connectivity index (χ3n) is 2.10. The summed E-state index contributed by atoms with van der Waals surface area (Å²) in [6.45, 7) is 6.16. The summed E-state index contributed by atoms with van der Waals surface area (Å²) in [7, 11) is 0. The fraction of sp³-hybridized carbons (Fsp3) is 0.571. The second-order valence-electron chi connectivity index (χ2n) is 3.09. The second kappa shape index (κ2) is 1.91. The maximum atomic E-state index is 8.43. The Bertz CT molecular complexity index is 162. The van der Waals surface area contributed by atoms with Crippen molar-refractivity contribution >= 4 is 6.71 Å². The maximum absolute atomic E-state index is 8.43. The van der Waals surface area contributed by atoms with Gasteiger partial charge in [-0.3, -0.25) is 0 Å². The molecule has 0 aromatic carbocycles. The second-order valence-corrected chi connectivity index (χ2v) is 3.09. The van der Waals surface area contributed by atoms with E-state index in [9.17, 15) is 0 Å². The first-order chi connectivity index (χ1) is 4.20. The third-order valence-corrected chi connectivity index (χ3v) is 2.10. The molecular weight excluding hydrogens is 109 g/mol. The van der Waals surface area contributed by atoms with Crippen LogP contribution in [-0.4, -0.2) is 6.71 Å². The topological polar surface area (TPSA) is 23.8 Å². The molecule has 1 heterocycles. The first-order valence-corrected chi connectivity index (χ1v) is 3.23. The molecule has 0 aromatic heterocycles. The number of hydrogen-bond donors (Lipinski definition) is 0. The van der Waals surface area contributed by atoms with Gasteiger partial charge in [-0.05, 0) is 5.41 Å². The van der Waals surface area contributed by atoms with Crippen LogP contribution >= 0.6 is 0 Å². The molecule has 1 aliphatic rings. The number of allylic oxidation sites excluding steroid dienone is 1. The van der Waals surface area contributed by atoms with Gasteiger partial charge in [-0.2, -0.15) is 0 Å². The molecule has 2 heteroatoms. The van der Waals surface area contributed by atoms with Gasteiger partial charge in [-0.25, -0.2) is 5.26 Å². The van der Waals surface area contributed by atoms with E-state index < -0.39 is 0 Å². The molecule has 9 heavy (non-hydrogen) atoms. The molecular formula is C7H10BN. The van der Waals surface area contributed by atoms with Crippen molar-refractivity contribution in [2.75, 3.05) is 0 Å². The average Bonchev–Trinajstić information content (AvgIpc) is 1.81. The monoisotopic (exact) mass is 119 g/mol. The van der Waals surface area contributed by atoms with Crippen LogP contribution in [0.1, 0.15) is 6.92 Å². The molecule has 46 valence electrons. The van der Waals surface area contributed by atoms with Crippen LogP contribution in [0.3, 0.4) is 0 Å². The van der Waals surface area contributed by atoms with Crippen molar-refractivity contribution in [3.63, 3.8) is 0 Å². The predicted octanol–water partition coefficient (Wildman–Crippen LogP) is 1.75. The molecule has 1 rings (SSSR count). The van der Waals surface area contributed by atoms with Crippen molar-refractivity contribution < 1.29 is 0 Å². The highest BCUT2D eigenvalue weighted by Gasteiger charge is 2.40.